The summed E-state index contributed by atoms with van der Waals surface area (Å²) in [6.45, 7) is 0. The van der Waals surface area contributed by atoms with E-state index in [0.29, 0.717) is 5.75 Å². The van der Waals surface area contributed by atoms with Crippen molar-refractivity contribution in [3.05, 3.63) is 47.5 Å². The summed E-state index contributed by atoms with van der Waals surface area (Å²) in [6, 6.07) is 6.25. The van der Waals surface area contributed by atoms with E-state index >= 15 is 0 Å². The highest BCUT2D eigenvalue weighted by molar-refractivity contribution is 5.79. The molecule has 1 heterocycles. The molecule has 0 aliphatic rings. The fourth-order valence-corrected chi connectivity index (χ4v) is 2.27. The fourth-order valence-electron chi connectivity index (χ4n) is 2.27. The molecule has 1 aromatic heterocycles. The molecule has 8 heteroatoms. The van der Waals surface area contributed by atoms with Gasteiger partial charge in [-0.15, -0.1) is 0 Å². The van der Waals surface area contributed by atoms with Crippen molar-refractivity contribution < 1.29 is 27.8 Å². The molecule has 3 rings (SSSR count). The molecule has 124 valence electrons. The quantitative estimate of drug-likeness (QED) is 0.743. The number of nitrogens with one attached hydrogen (secondary N) is 1. The molecule has 0 atom stereocenters. The van der Waals surface area contributed by atoms with Gasteiger partial charge in [0.05, 0.1) is 19.2 Å². The minimum atomic E-state index is -1.09. The summed E-state index contributed by atoms with van der Waals surface area (Å²) >= 11 is 0. The Bertz CT molecular complexity index is 924. The number of aliphatic carboxylic acids is 1. The van der Waals surface area contributed by atoms with Gasteiger partial charge in [-0.2, -0.15) is 4.98 Å². The summed E-state index contributed by atoms with van der Waals surface area (Å²) in [5.41, 5.74) is 0.542. The number of methoxy groups -OCH3 is 1. The van der Waals surface area contributed by atoms with Crippen LogP contribution < -0.4 is 10.1 Å². The van der Waals surface area contributed by atoms with Crippen LogP contribution in [0.3, 0.4) is 0 Å². The summed E-state index contributed by atoms with van der Waals surface area (Å²) in [5.74, 6) is -1.93. The van der Waals surface area contributed by atoms with Crippen molar-refractivity contribution in [2.75, 3.05) is 12.4 Å². The molecule has 0 saturated heterocycles. The van der Waals surface area contributed by atoms with E-state index in [1.807, 2.05) is 0 Å². The van der Waals surface area contributed by atoms with Gasteiger partial charge in [0, 0.05) is 6.07 Å². The molecule has 0 radical (unpaired) electrons. The molecule has 3 aromatic rings. The lowest BCUT2D eigenvalue weighted by Gasteiger charge is -2.07. The van der Waals surface area contributed by atoms with Crippen molar-refractivity contribution in [2.24, 2.45) is 0 Å². The lowest BCUT2D eigenvalue weighted by Crippen LogP contribution is -2.00. The first kappa shape index (κ1) is 15.7. The maximum atomic E-state index is 14.0. The van der Waals surface area contributed by atoms with Gasteiger partial charge >= 0.3 is 5.97 Å². The smallest absolute Gasteiger partial charge is 0.307 e. The van der Waals surface area contributed by atoms with Crippen LogP contribution in [-0.2, 0) is 11.2 Å². The highest BCUT2D eigenvalue weighted by Gasteiger charge is 2.15. The minimum Gasteiger partial charge on any atom is -0.495 e. The average Bonchev–Trinajstić information content (AvgIpc) is 2.90. The fraction of sp³-hybridized carbons (Fsp3) is 0.125. The molecule has 0 spiro atoms. The zero-order valence-corrected chi connectivity index (χ0v) is 12.5. The van der Waals surface area contributed by atoms with Crippen LogP contribution in [0.1, 0.15) is 5.56 Å². The number of rotatable bonds is 5. The summed E-state index contributed by atoms with van der Waals surface area (Å²) < 4.78 is 37.9. The molecule has 0 unspecified atom stereocenters. The molecule has 2 N–H and O–H groups in total. The Labute approximate surface area is 134 Å². The number of halogens is 2. The summed E-state index contributed by atoms with van der Waals surface area (Å²) in [7, 11) is 1.42. The molecule has 0 amide bonds. The van der Waals surface area contributed by atoms with Crippen molar-refractivity contribution >= 4 is 28.8 Å². The number of aromatic nitrogens is 1. The maximum Gasteiger partial charge on any atom is 0.307 e. The molecule has 0 bridgehead atoms. The van der Waals surface area contributed by atoms with Crippen molar-refractivity contribution in [2.45, 2.75) is 6.42 Å². The van der Waals surface area contributed by atoms with Crippen molar-refractivity contribution in [1.82, 2.24) is 4.98 Å². The van der Waals surface area contributed by atoms with Crippen LogP contribution in [0.15, 0.2) is 34.7 Å². The van der Waals surface area contributed by atoms with E-state index in [9.17, 15) is 13.6 Å². The van der Waals surface area contributed by atoms with E-state index in [4.69, 9.17) is 14.3 Å². The van der Waals surface area contributed by atoms with Gasteiger partial charge in [-0.1, -0.05) is 0 Å². The number of fused-ring (bicyclic) bond motifs is 1. The first-order chi connectivity index (χ1) is 11.5. The first-order valence-corrected chi connectivity index (χ1v) is 6.87. The number of anilines is 2. The summed E-state index contributed by atoms with van der Waals surface area (Å²) in [5, 5.41) is 11.5. The number of nitrogens with zero attached hydrogens (tertiary/aromatic N) is 1. The Morgan fingerprint density at radius 2 is 2.12 bits per heavy atom. The third-order valence-corrected chi connectivity index (χ3v) is 3.27. The molecule has 24 heavy (non-hydrogen) atoms. The van der Waals surface area contributed by atoms with Crippen LogP contribution in [0.2, 0.25) is 0 Å². The normalized spacial score (nSPS) is 10.8. The van der Waals surface area contributed by atoms with Gasteiger partial charge in [0.15, 0.2) is 11.4 Å². The second-order valence-electron chi connectivity index (χ2n) is 4.98. The molecule has 0 saturated carbocycles. The number of carbonyl (C=O) groups is 1. The number of ether oxygens (including phenoxy) is 1. The van der Waals surface area contributed by atoms with Crippen molar-refractivity contribution in [1.29, 1.82) is 0 Å². The number of hydrogen-bond acceptors (Lipinski definition) is 5. The van der Waals surface area contributed by atoms with Gasteiger partial charge in [0.2, 0.25) is 0 Å². The Kier molecular flexibility index (Phi) is 4.03. The largest absolute Gasteiger partial charge is 0.495 e. The zero-order valence-electron chi connectivity index (χ0n) is 12.5. The molecule has 2 aromatic carbocycles. The molecular formula is C16H12F2N2O4. The summed E-state index contributed by atoms with van der Waals surface area (Å²) in [6.07, 6.45) is -0.339. The van der Waals surface area contributed by atoms with Crippen molar-refractivity contribution in [3.63, 3.8) is 0 Å². The Hall–Kier alpha value is -3.16. The Morgan fingerprint density at radius 3 is 2.83 bits per heavy atom. The van der Waals surface area contributed by atoms with Crippen LogP contribution in [0.25, 0.3) is 11.1 Å². The number of oxazole rings is 1. The molecule has 0 aliphatic carbocycles. The summed E-state index contributed by atoms with van der Waals surface area (Å²) in [4.78, 5) is 14.7. The van der Waals surface area contributed by atoms with Crippen molar-refractivity contribution in [3.8, 4) is 5.75 Å². The molecule has 6 nitrogen and oxygen atoms in total. The SMILES string of the molecule is COc1ccc(F)cc1Nc1nc2c(F)cc(CC(=O)O)cc2o1. The lowest BCUT2D eigenvalue weighted by molar-refractivity contribution is -0.136. The highest BCUT2D eigenvalue weighted by Crippen LogP contribution is 2.30. The predicted octanol–water partition coefficient (Wildman–Crippen LogP) is 3.49. The molecule has 0 fully saturated rings. The third-order valence-electron chi connectivity index (χ3n) is 3.27. The maximum absolute atomic E-state index is 14.0. The Balaban J connectivity index is 1.98. The second kappa shape index (κ2) is 6.15. The first-order valence-electron chi connectivity index (χ1n) is 6.87. The number of carboxylic acid groups (broad SMARTS) is 1. The van der Waals surface area contributed by atoms with Gasteiger partial charge in [0.25, 0.3) is 6.01 Å². The average molecular weight is 334 g/mol. The van der Waals surface area contributed by atoms with E-state index in [-0.39, 0.29) is 34.8 Å². The van der Waals surface area contributed by atoms with E-state index in [0.717, 1.165) is 6.07 Å². The Morgan fingerprint density at radius 1 is 1.33 bits per heavy atom. The third kappa shape index (κ3) is 3.12. The number of carboxylic acids is 1. The van der Waals surface area contributed by atoms with Gasteiger partial charge < -0.3 is 19.6 Å². The van der Waals surface area contributed by atoms with Crippen LogP contribution in [0.5, 0.6) is 5.75 Å². The van der Waals surface area contributed by atoms with Gasteiger partial charge in [0.1, 0.15) is 17.1 Å². The molecular weight excluding hydrogens is 322 g/mol. The van der Waals surface area contributed by atoms with Crippen LogP contribution >= 0.6 is 0 Å². The van der Waals surface area contributed by atoms with E-state index in [2.05, 4.69) is 10.3 Å². The van der Waals surface area contributed by atoms with Gasteiger partial charge in [-0.3, -0.25) is 4.79 Å². The van der Waals surface area contributed by atoms with E-state index in [1.165, 1.54) is 31.4 Å². The number of benzene rings is 2. The van der Waals surface area contributed by atoms with Crippen LogP contribution in [-0.4, -0.2) is 23.2 Å². The standard InChI is InChI=1S/C16H12F2N2O4/c1-23-12-3-2-9(17)7-11(12)19-16-20-15-10(18)4-8(6-14(21)22)5-13(15)24-16/h2-5,7H,6H2,1H3,(H,19,20)(H,21,22). The van der Waals surface area contributed by atoms with Crippen LogP contribution in [0.4, 0.5) is 20.5 Å². The van der Waals surface area contributed by atoms with Crippen LogP contribution in [0, 0.1) is 11.6 Å². The minimum absolute atomic E-state index is 0.0537. The van der Waals surface area contributed by atoms with E-state index in [1.54, 1.807) is 0 Å². The molecule has 0 aliphatic heterocycles. The van der Waals surface area contributed by atoms with Gasteiger partial charge in [-0.05, 0) is 29.8 Å². The second-order valence-corrected chi connectivity index (χ2v) is 4.98. The highest BCUT2D eigenvalue weighted by atomic mass is 19.1. The monoisotopic (exact) mass is 334 g/mol. The zero-order chi connectivity index (χ0) is 17.3. The number of hydrogen-bond donors (Lipinski definition) is 2. The topological polar surface area (TPSA) is 84.6 Å². The predicted molar refractivity (Wildman–Crippen MR) is 81.5 cm³/mol. The van der Waals surface area contributed by atoms with Gasteiger partial charge in [-0.25, -0.2) is 8.78 Å². The van der Waals surface area contributed by atoms with E-state index < -0.39 is 17.6 Å². The lowest BCUT2D eigenvalue weighted by atomic mass is 10.1.